The minimum Gasteiger partial charge on any atom is -0.396 e. The molecule has 54 heavy (non-hydrogen) atoms. The summed E-state index contributed by atoms with van der Waals surface area (Å²) < 4.78 is 40.1. The molecule has 0 fully saturated rings. The standard InChI is InChI=1S/C36H76O6P2S.C5H12O4/c1-3-5-7-9-11-13-15-17-19-21-23-25-27-29-31-33-35-40-44(39,42-43(37,38)45)41-36-34-32-30-28-26-24-22-20-18-16-14-12-10-8-6-4-2;6-1-5(2-7,3-8)4-9/h3-36H2,1-2H3,(H2,37,38,45);6-9H,1-4H2. The fourth-order valence-corrected chi connectivity index (χ4v) is 9.17. The van der Waals surface area contributed by atoms with E-state index < -0.39 is 46.5 Å². The number of hydrogen-bond acceptors (Lipinski definition) is 9. The Bertz CT molecular complexity index is 785. The molecule has 0 spiro atoms. The lowest BCUT2D eigenvalue weighted by Crippen LogP contribution is -2.37. The predicted molar refractivity (Wildman–Crippen MR) is 229 cm³/mol. The van der Waals surface area contributed by atoms with Crippen LogP contribution in [0.3, 0.4) is 0 Å². The van der Waals surface area contributed by atoms with Gasteiger partial charge in [0.1, 0.15) is 0 Å². The third kappa shape index (κ3) is 40.7. The van der Waals surface area contributed by atoms with Crippen LogP contribution in [0, 0.1) is 5.41 Å². The number of rotatable bonds is 42. The van der Waals surface area contributed by atoms with Gasteiger partial charge in [0.2, 0.25) is 0 Å². The number of unbranched alkanes of at least 4 members (excludes halogenated alkanes) is 30. The van der Waals surface area contributed by atoms with Gasteiger partial charge in [-0.25, -0.2) is 9.13 Å². The number of aliphatic hydroxyl groups excluding tert-OH is 4. The first-order valence-electron chi connectivity index (χ1n) is 22.2. The van der Waals surface area contributed by atoms with Crippen molar-refractivity contribution in [2.45, 2.75) is 219 Å². The first kappa shape index (κ1) is 56.6. The van der Waals surface area contributed by atoms with Crippen molar-refractivity contribution in [3.8, 4) is 0 Å². The second-order valence-corrected chi connectivity index (χ2v) is 20.0. The summed E-state index contributed by atoms with van der Waals surface area (Å²) in [5.41, 5.74) is -1.11. The molecule has 0 bridgehead atoms. The van der Waals surface area contributed by atoms with Crippen LogP contribution in [0.4, 0.5) is 0 Å². The van der Waals surface area contributed by atoms with E-state index in [1.807, 2.05) is 0 Å². The van der Waals surface area contributed by atoms with Crippen molar-refractivity contribution < 1.29 is 47.8 Å². The fraction of sp³-hybridized carbons (Fsp3) is 1.00. The van der Waals surface area contributed by atoms with Gasteiger partial charge in [0.25, 0.3) is 0 Å². The third-order valence-electron chi connectivity index (χ3n) is 10.0. The van der Waals surface area contributed by atoms with Gasteiger partial charge in [0, 0.05) is 0 Å². The number of phosphoric acid groups is 1. The van der Waals surface area contributed by atoms with E-state index in [0.717, 1.165) is 38.5 Å². The average Bonchev–Trinajstić information content (AvgIpc) is 3.15. The van der Waals surface area contributed by atoms with Crippen molar-refractivity contribution in [3.05, 3.63) is 0 Å². The maximum Gasteiger partial charge on any atom is 0.482 e. The van der Waals surface area contributed by atoms with Crippen LogP contribution >= 0.6 is 26.9 Å². The second kappa shape index (κ2) is 41.6. The smallest absolute Gasteiger partial charge is 0.396 e. The molecule has 0 saturated carbocycles. The first-order valence-corrected chi connectivity index (χ1v) is 26.4. The van der Waals surface area contributed by atoms with Gasteiger partial charge in [0.05, 0.1) is 45.1 Å². The predicted octanol–water partition coefficient (Wildman–Crippen LogP) is 12.6. The Hall–Kier alpha value is 0.490. The van der Waals surface area contributed by atoms with Gasteiger partial charge >= 0.3 is 14.6 Å². The van der Waals surface area contributed by atoms with Gasteiger partial charge in [-0.05, 0) is 12.8 Å². The SMILES string of the molecule is CCCCCCCCCCCCCCCCCCOP(=O)(OCCCCCCCCCCCCCCCCCC)OP(=O)(O)S.OCC(CO)(CO)CO. The van der Waals surface area contributed by atoms with Crippen molar-refractivity contribution in [3.63, 3.8) is 0 Å². The van der Waals surface area contributed by atoms with Crippen LogP contribution in [0.15, 0.2) is 0 Å². The van der Waals surface area contributed by atoms with Gasteiger partial charge in [0.15, 0.2) is 0 Å². The molecule has 0 aliphatic carbocycles. The highest BCUT2D eigenvalue weighted by Gasteiger charge is 2.34. The van der Waals surface area contributed by atoms with E-state index >= 15 is 0 Å². The van der Waals surface area contributed by atoms with Crippen LogP contribution in [0.5, 0.6) is 0 Å². The Morgan fingerprint density at radius 3 is 0.778 bits per heavy atom. The molecule has 13 heteroatoms. The van der Waals surface area contributed by atoms with E-state index in [1.165, 1.54) is 167 Å². The largest absolute Gasteiger partial charge is 0.482 e. The van der Waals surface area contributed by atoms with Crippen molar-refractivity contribution >= 4 is 26.9 Å². The molecule has 0 amide bonds. The van der Waals surface area contributed by atoms with Gasteiger partial charge in [-0.15, -0.1) is 0 Å². The topological polar surface area (TPSA) is 163 Å². The van der Waals surface area contributed by atoms with Crippen molar-refractivity contribution in [2.24, 2.45) is 5.41 Å². The quantitative estimate of drug-likeness (QED) is 0.0198. The molecule has 0 aliphatic heterocycles. The normalized spacial score (nSPS) is 13.2. The summed E-state index contributed by atoms with van der Waals surface area (Å²) in [7, 11) is -4.11. The van der Waals surface area contributed by atoms with Crippen molar-refractivity contribution in [1.29, 1.82) is 0 Å². The van der Waals surface area contributed by atoms with Crippen LogP contribution in [0.1, 0.15) is 219 Å². The molecule has 1 unspecified atom stereocenters. The Morgan fingerprint density at radius 1 is 0.407 bits per heavy atom. The van der Waals surface area contributed by atoms with Gasteiger partial charge in [-0.1, -0.05) is 219 Å². The Kier molecular flexibility index (Phi) is 43.6. The highest BCUT2D eigenvalue weighted by Crippen LogP contribution is 2.65. The molecule has 0 saturated heterocycles. The molecule has 0 heterocycles. The molecule has 1 atom stereocenters. The van der Waals surface area contributed by atoms with Gasteiger partial charge < -0.3 is 25.3 Å². The zero-order valence-corrected chi connectivity index (χ0v) is 37.7. The van der Waals surface area contributed by atoms with Gasteiger partial charge in [-0.3, -0.25) is 9.05 Å². The van der Waals surface area contributed by atoms with Crippen LogP contribution in [0.2, 0.25) is 0 Å². The highest BCUT2D eigenvalue weighted by atomic mass is 32.7. The summed E-state index contributed by atoms with van der Waals surface area (Å²) in [6.07, 6.45) is 40.7. The fourth-order valence-electron chi connectivity index (χ4n) is 6.17. The Balaban J connectivity index is 0. The van der Waals surface area contributed by atoms with E-state index in [1.54, 1.807) is 0 Å². The molecule has 10 nitrogen and oxygen atoms in total. The third-order valence-corrected chi connectivity index (χ3v) is 13.3. The maximum atomic E-state index is 12.9. The van der Waals surface area contributed by atoms with E-state index in [-0.39, 0.29) is 13.2 Å². The highest BCUT2D eigenvalue weighted by molar-refractivity contribution is 8.44. The summed E-state index contributed by atoms with van der Waals surface area (Å²) in [5, 5.41) is 34.0. The molecule has 5 N–H and O–H groups in total. The van der Waals surface area contributed by atoms with E-state index in [0.29, 0.717) is 0 Å². The molecule has 0 aromatic rings. The Morgan fingerprint density at radius 2 is 0.611 bits per heavy atom. The number of thiol groups is 1. The monoisotopic (exact) mass is 835 g/mol. The van der Waals surface area contributed by atoms with E-state index in [4.69, 9.17) is 33.8 Å². The summed E-state index contributed by atoms with van der Waals surface area (Å²) in [6.45, 7) is -1.01. The summed E-state index contributed by atoms with van der Waals surface area (Å²) >= 11 is 3.52. The second-order valence-electron chi connectivity index (χ2n) is 15.4. The molecule has 0 rings (SSSR count). The van der Waals surface area contributed by atoms with Crippen molar-refractivity contribution in [2.75, 3.05) is 39.6 Å². The maximum absolute atomic E-state index is 12.9. The number of aliphatic hydroxyl groups is 4. The number of hydrogen-bond donors (Lipinski definition) is 6. The van der Waals surface area contributed by atoms with Gasteiger partial charge in [-0.2, -0.15) is 4.31 Å². The molecule has 0 radical (unpaired) electrons. The van der Waals surface area contributed by atoms with Crippen LogP contribution < -0.4 is 0 Å². The molecule has 0 aromatic heterocycles. The zero-order chi connectivity index (χ0) is 40.5. The zero-order valence-electron chi connectivity index (χ0n) is 35.0. The van der Waals surface area contributed by atoms with E-state index in [2.05, 4.69) is 26.1 Å². The minimum absolute atomic E-state index is 0.183. The lowest BCUT2D eigenvalue weighted by molar-refractivity contribution is -0.0328. The average molecular weight is 835 g/mol. The lowest BCUT2D eigenvalue weighted by atomic mass is 9.93. The summed E-state index contributed by atoms with van der Waals surface area (Å²) in [4.78, 5) is 9.51. The molecule has 0 aliphatic rings. The Labute approximate surface area is 338 Å². The minimum atomic E-state index is -4.29. The van der Waals surface area contributed by atoms with Crippen molar-refractivity contribution in [1.82, 2.24) is 0 Å². The van der Waals surface area contributed by atoms with Crippen LogP contribution in [-0.2, 0) is 22.5 Å². The molecule has 0 aromatic carbocycles. The summed E-state index contributed by atoms with van der Waals surface area (Å²) in [6, 6.07) is 0. The first-order chi connectivity index (χ1) is 26.1. The molecular weight excluding hydrogens is 746 g/mol. The number of phosphoric ester groups is 1. The molecule has 328 valence electrons. The van der Waals surface area contributed by atoms with Crippen LogP contribution in [-0.4, -0.2) is 65.0 Å². The summed E-state index contributed by atoms with van der Waals surface area (Å²) in [5.74, 6) is 0. The van der Waals surface area contributed by atoms with E-state index in [9.17, 15) is 14.0 Å². The molecular formula is C41H88O10P2S. The lowest BCUT2D eigenvalue weighted by Gasteiger charge is -2.23. The van der Waals surface area contributed by atoms with Crippen LogP contribution in [0.25, 0.3) is 0 Å².